The second-order valence-corrected chi connectivity index (χ2v) is 5.35. The van der Waals surface area contributed by atoms with Crippen molar-refractivity contribution < 1.29 is 13.5 Å². The number of nitrogens with zero attached hydrogens (tertiary/aromatic N) is 2. The summed E-state index contributed by atoms with van der Waals surface area (Å²) in [5.41, 5.74) is 0.692. The van der Waals surface area contributed by atoms with Crippen LogP contribution >= 0.6 is 11.6 Å². The van der Waals surface area contributed by atoms with E-state index in [1.54, 1.807) is 6.07 Å². The van der Waals surface area contributed by atoms with Gasteiger partial charge in [0.1, 0.15) is 17.6 Å². The maximum Gasteiger partial charge on any atom is 0.261 e. The summed E-state index contributed by atoms with van der Waals surface area (Å²) in [5.74, 6) is 0.515. The van der Waals surface area contributed by atoms with E-state index in [1.807, 2.05) is 20.8 Å². The van der Waals surface area contributed by atoms with E-state index in [9.17, 15) is 8.78 Å². The zero-order valence-electron chi connectivity index (χ0n) is 10.7. The molecule has 1 heterocycles. The average Bonchev–Trinajstić information content (AvgIpc) is 2.22. The van der Waals surface area contributed by atoms with Gasteiger partial charge in [-0.1, -0.05) is 32.4 Å². The van der Waals surface area contributed by atoms with E-state index in [1.165, 1.54) is 0 Å². The molecule has 0 aliphatic carbocycles. The van der Waals surface area contributed by atoms with Crippen LogP contribution in [0.5, 0.6) is 0 Å². The van der Waals surface area contributed by atoms with Crippen LogP contribution < -0.4 is 0 Å². The van der Waals surface area contributed by atoms with Crippen molar-refractivity contribution in [2.75, 3.05) is 13.2 Å². The highest BCUT2D eigenvalue weighted by Gasteiger charge is 2.17. The van der Waals surface area contributed by atoms with Crippen LogP contribution in [0.4, 0.5) is 8.78 Å². The molecular weight excluding hydrogens is 262 g/mol. The molecule has 0 N–H and O–H groups in total. The van der Waals surface area contributed by atoms with Crippen molar-refractivity contribution in [3.63, 3.8) is 0 Å². The molecule has 6 heteroatoms. The summed E-state index contributed by atoms with van der Waals surface area (Å²) >= 11 is 5.91. The predicted molar refractivity (Wildman–Crippen MR) is 66.3 cm³/mol. The summed E-state index contributed by atoms with van der Waals surface area (Å²) in [5, 5.41) is 0.360. The van der Waals surface area contributed by atoms with E-state index >= 15 is 0 Å². The Morgan fingerprint density at radius 1 is 1.33 bits per heavy atom. The molecular formula is C12H17ClF2N2O. The van der Waals surface area contributed by atoms with Crippen LogP contribution in [0.25, 0.3) is 0 Å². The molecule has 1 aromatic rings. The van der Waals surface area contributed by atoms with Gasteiger partial charge in [0.05, 0.1) is 12.3 Å². The molecule has 18 heavy (non-hydrogen) atoms. The number of ether oxygens (including phenoxy) is 1. The molecule has 0 aliphatic heterocycles. The Morgan fingerprint density at radius 2 is 2.00 bits per heavy atom. The SMILES string of the molecule is CC(C)(C)c1cc(Cl)nc(CCOCC(F)F)n1. The lowest BCUT2D eigenvalue weighted by molar-refractivity contribution is 0.0182. The summed E-state index contributed by atoms with van der Waals surface area (Å²) in [7, 11) is 0. The van der Waals surface area contributed by atoms with Crippen LogP contribution in [0.2, 0.25) is 5.15 Å². The summed E-state index contributed by atoms with van der Waals surface area (Å²) in [6, 6.07) is 1.71. The Bertz CT molecular complexity index is 394. The fourth-order valence-electron chi connectivity index (χ4n) is 1.30. The first-order valence-corrected chi connectivity index (χ1v) is 6.06. The number of hydrogen-bond acceptors (Lipinski definition) is 3. The largest absolute Gasteiger partial charge is 0.375 e. The molecule has 1 aromatic heterocycles. The highest BCUT2D eigenvalue weighted by atomic mass is 35.5. The molecule has 0 atom stereocenters. The number of alkyl halides is 2. The van der Waals surface area contributed by atoms with Crippen molar-refractivity contribution in [3.05, 3.63) is 22.7 Å². The highest BCUT2D eigenvalue weighted by Crippen LogP contribution is 2.22. The first kappa shape index (κ1) is 15.2. The first-order chi connectivity index (χ1) is 8.29. The molecule has 0 saturated carbocycles. The van der Waals surface area contributed by atoms with Crippen LogP contribution in [-0.4, -0.2) is 29.6 Å². The molecule has 0 saturated heterocycles. The third kappa shape index (κ3) is 5.23. The average molecular weight is 279 g/mol. The van der Waals surface area contributed by atoms with Gasteiger partial charge >= 0.3 is 0 Å². The lowest BCUT2D eigenvalue weighted by Crippen LogP contribution is -2.16. The van der Waals surface area contributed by atoms with Gasteiger partial charge in [0.2, 0.25) is 0 Å². The van der Waals surface area contributed by atoms with Gasteiger partial charge in [-0.05, 0) is 6.07 Å². The minimum Gasteiger partial charge on any atom is -0.375 e. The summed E-state index contributed by atoms with van der Waals surface area (Å²) in [4.78, 5) is 8.41. The smallest absolute Gasteiger partial charge is 0.261 e. The first-order valence-electron chi connectivity index (χ1n) is 5.69. The van der Waals surface area contributed by atoms with E-state index in [0.29, 0.717) is 17.4 Å². The zero-order valence-corrected chi connectivity index (χ0v) is 11.5. The standard InChI is InChI=1S/C12H17ClF2N2O/c1-12(2,3)8-6-9(13)17-11(16-8)4-5-18-7-10(14)15/h6,10H,4-5,7H2,1-3H3. The highest BCUT2D eigenvalue weighted by molar-refractivity contribution is 6.29. The normalized spacial score (nSPS) is 12.2. The molecule has 1 rings (SSSR count). The van der Waals surface area contributed by atoms with E-state index in [-0.39, 0.29) is 12.0 Å². The summed E-state index contributed by atoms with van der Waals surface area (Å²) in [6.07, 6.45) is -2.08. The Morgan fingerprint density at radius 3 is 2.56 bits per heavy atom. The molecule has 0 unspecified atom stereocenters. The minimum atomic E-state index is -2.45. The summed E-state index contributed by atoms with van der Waals surface area (Å²) < 4.78 is 28.5. The Labute approximate surface area is 111 Å². The molecule has 3 nitrogen and oxygen atoms in total. The van der Waals surface area contributed by atoms with E-state index in [4.69, 9.17) is 16.3 Å². The fraction of sp³-hybridized carbons (Fsp3) is 0.667. The molecule has 0 spiro atoms. The van der Waals surface area contributed by atoms with Gasteiger partial charge in [-0.15, -0.1) is 0 Å². The van der Waals surface area contributed by atoms with Gasteiger partial charge in [-0.25, -0.2) is 18.7 Å². The van der Waals surface area contributed by atoms with E-state index in [2.05, 4.69) is 9.97 Å². The Kier molecular flexibility index (Phi) is 5.41. The number of rotatable bonds is 5. The van der Waals surface area contributed by atoms with Crippen LogP contribution in [0.3, 0.4) is 0 Å². The van der Waals surface area contributed by atoms with E-state index in [0.717, 1.165) is 5.69 Å². The quantitative estimate of drug-likeness (QED) is 0.613. The van der Waals surface area contributed by atoms with Gasteiger partial charge < -0.3 is 4.74 Å². The number of aromatic nitrogens is 2. The molecule has 0 amide bonds. The zero-order chi connectivity index (χ0) is 13.8. The maximum absolute atomic E-state index is 11.9. The molecule has 0 aliphatic rings. The van der Waals surface area contributed by atoms with Crippen LogP contribution in [0.15, 0.2) is 6.07 Å². The molecule has 0 bridgehead atoms. The van der Waals surface area contributed by atoms with Crippen molar-refractivity contribution in [2.24, 2.45) is 0 Å². The second kappa shape index (κ2) is 6.38. The Balaban J connectivity index is 2.63. The van der Waals surface area contributed by atoms with E-state index < -0.39 is 13.0 Å². The monoisotopic (exact) mass is 278 g/mol. The topological polar surface area (TPSA) is 35.0 Å². The second-order valence-electron chi connectivity index (χ2n) is 4.96. The van der Waals surface area contributed by atoms with Gasteiger partial charge in [-0.2, -0.15) is 0 Å². The van der Waals surface area contributed by atoms with Crippen molar-refractivity contribution >= 4 is 11.6 Å². The van der Waals surface area contributed by atoms with Crippen molar-refractivity contribution in [1.82, 2.24) is 9.97 Å². The van der Waals surface area contributed by atoms with Crippen molar-refractivity contribution in [2.45, 2.75) is 39.0 Å². The number of hydrogen-bond donors (Lipinski definition) is 0. The van der Waals surface area contributed by atoms with Gasteiger partial charge in [0.15, 0.2) is 0 Å². The molecule has 0 aromatic carbocycles. The molecule has 0 fully saturated rings. The predicted octanol–water partition coefficient (Wildman–Crippen LogP) is 3.25. The van der Waals surface area contributed by atoms with Crippen LogP contribution in [0.1, 0.15) is 32.3 Å². The van der Waals surface area contributed by atoms with Gasteiger partial charge in [0.25, 0.3) is 6.43 Å². The molecule has 102 valence electrons. The Hall–Kier alpha value is -0.810. The summed E-state index contributed by atoms with van der Waals surface area (Å²) in [6.45, 7) is 5.65. The van der Waals surface area contributed by atoms with Crippen molar-refractivity contribution in [1.29, 1.82) is 0 Å². The third-order valence-corrected chi connectivity index (χ3v) is 2.42. The van der Waals surface area contributed by atoms with Crippen molar-refractivity contribution in [3.8, 4) is 0 Å². The van der Waals surface area contributed by atoms with Crippen LogP contribution in [0, 0.1) is 0 Å². The minimum absolute atomic E-state index is 0.134. The van der Waals surface area contributed by atoms with Gasteiger partial charge in [0, 0.05) is 11.8 Å². The van der Waals surface area contributed by atoms with Crippen LogP contribution in [-0.2, 0) is 16.6 Å². The lowest BCUT2D eigenvalue weighted by Gasteiger charge is -2.18. The lowest BCUT2D eigenvalue weighted by atomic mass is 9.92. The third-order valence-electron chi connectivity index (χ3n) is 2.22. The van der Waals surface area contributed by atoms with Gasteiger partial charge in [-0.3, -0.25) is 0 Å². The maximum atomic E-state index is 11.9. The molecule has 0 radical (unpaired) electrons. The number of halogens is 3. The fourth-order valence-corrected chi connectivity index (χ4v) is 1.50.